The van der Waals surface area contributed by atoms with Crippen LogP contribution in [0, 0.1) is 5.92 Å². The van der Waals surface area contributed by atoms with Gasteiger partial charge in [-0.1, -0.05) is 6.92 Å². The Bertz CT molecular complexity index is 256. The Morgan fingerprint density at radius 3 is 2.84 bits per heavy atom. The van der Waals surface area contributed by atoms with E-state index in [-0.39, 0.29) is 0 Å². The molecule has 3 atom stereocenters. The molecule has 1 N–H and O–H groups in total. The molecule has 0 bridgehead atoms. The van der Waals surface area contributed by atoms with Crippen molar-refractivity contribution in [3.8, 4) is 0 Å². The molecule has 0 amide bonds. The number of nitrogens with one attached hydrogen (secondary N) is 1. The van der Waals surface area contributed by atoms with Crippen LogP contribution >= 0.6 is 0 Å². The molecular formula is C15H31N3O. The van der Waals surface area contributed by atoms with Crippen molar-refractivity contribution < 1.29 is 4.74 Å². The zero-order chi connectivity index (χ0) is 13.7. The Morgan fingerprint density at radius 2 is 2.16 bits per heavy atom. The first-order valence-electron chi connectivity index (χ1n) is 7.92. The zero-order valence-electron chi connectivity index (χ0n) is 12.9. The topological polar surface area (TPSA) is 27.7 Å². The molecule has 2 heterocycles. The van der Waals surface area contributed by atoms with Gasteiger partial charge in [0.05, 0.1) is 6.61 Å². The van der Waals surface area contributed by atoms with Crippen molar-refractivity contribution in [3.63, 3.8) is 0 Å². The quantitative estimate of drug-likeness (QED) is 0.807. The predicted molar refractivity (Wildman–Crippen MR) is 79.5 cm³/mol. The van der Waals surface area contributed by atoms with Crippen LogP contribution in [0.3, 0.4) is 0 Å². The highest BCUT2D eigenvalue weighted by atomic mass is 16.5. The average molecular weight is 269 g/mol. The van der Waals surface area contributed by atoms with Crippen molar-refractivity contribution in [3.05, 3.63) is 0 Å². The lowest BCUT2D eigenvalue weighted by Crippen LogP contribution is -2.55. The van der Waals surface area contributed by atoms with Crippen LogP contribution in [0.25, 0.3) is 0 Å². The summed E-state index contributed by atoms with van der Waals surface area (Å²) < 4.78 is 5.63. The van der Waals surface area contributed by atoms with E-state index < -0.39 is 0 Å². The molecule has 0 aliphatic carbocycles. The fourth-order valence-corrected chi connectivity index (χ4v) is 3.46. The Morgan fingerprint density at radius 1 is 1.32 bits per heavy atom. The van der Waals surface area contributed by atoms with Gasteiger partial charge in [-0.2, -0.15) is 0 Å². The summed E-state index contributed by atoms with van der Waals surface area (Å²) in [4.78, 5) is 5.06. The summed E-state index contributed by atoms with van der Waals surface area (Å²) in [7, 11) is 4.55. The van der Waals surface area contributed by atoms with Crippen LogP contribution < -0.4 is 5.32 Å². The molecule has 0 spiro atoms. The van der Waals surface area contributed by atoms with E-state index in [2.05, 4.69) is 36.1 Å². The lowest BCUT2D eigenvalue weighted by atomic mass is 9.91. The summed E-state index contributed by atoms with van der Waals surface area (Å²) in [6, 6.07) is 1.19. The maximum atomic E-state index is 5.63. The van der Waals surface area contributed by atoms with Gasteiger partial charge in [-0.15, -0.1) is 0 Å². The fraction of sp³-hybridized carbons (Fsp3) is 1.00. The number of hydrogen-bond donors (Lipinski definition) is 1. The van der Waals surface area contributed by atoms with E-state index in [9.17, 15) is 0 Å². The van der Waals surface area contributed by atoms with Gasteiger partial charge in [0, 0.05) is 31.2 Å². The lowest BCUT2D eigenvalue weighted by Gasteiger charge is -2.38. The minimum Gasteiger partial charge on any atom is -0.381 e. The van der Waals surface area contributed by atoms with Crippen molar-refractivity contribution >= 4 is 0 Å². The molecule has 2 fully saturated rings. The maximum absolute atomic E-state index is 5.63. The minimum absolute atomic E-state index is 0.577. The normalized spacial score (nSPS) is 32.4. The molecule has 0 aromatic carbocycles. The Hall–Kier alpha value is -0.160. The summed E-state index contributed by atoms with van der Waals surface area (Å²) in [5.74, 6) is 0.686. The summed E-state index contributed by atoms with van der Waals surface area (Å²) in [5.41, 5.74) is 0. The lowest BCUT2D eigenvalue weighted by molar-refractivity contribution is 0.125. The molecule has 0 radical (unpaired) electrons. The molecule has 2 aliphatic heterocycles. The van der Waals surface area contributed by atoms with E-state index in [1.54, 1.807) is 0 Å². The second-order valence-electron chi connectivity index (χ2n) is 6.27. The molecule has 3 unspecified atom stereocenters. The third kappa shape index (κ3) is 4.15. The van der Waals surface area contributed by atoms with Gasteiger partial charge < -0.3 is 19.9 Å². The number of hydrogen-bond acceptors (Lipinski definition) is 4. The Kier molecular flexibility index (Phi) is 6.07. The van der Waals surface area contributed by atoms with Gasteiger partial charge in [0.2, 0.25) is 0 Å². The standard InChI is InChI=1S/C15H31N3O/c1-4-7-16-15(13-6-10-19-12-13)14-11-17(2)8-5-9-18(14)3/h13-16H,4-12H2,1-3H3. The number of ether oxygens (including phenoxy) is 1. The highest BCUT2D eigenvalue weighted by Crippen LogP contribution is 2.23. The van der Waals surface area contributed by atoms with Gasteiger partial charge in [-0.05, 0) is 53.0 Å². The van der Waals surface area contributed by atoms with E-state index >= 15 is 0 Å². The fourth-order valence-electron chi connectivity index (χ4n) is 3.46. The molecule has 4 heteroatoms. The maximum Gasteiger partial charge on any atom is 0.0510 e. The predicted octanol–water partition coefficient (Wildman–Crippen LogP) is 1.03. The highest BCUT2D eigenvalue weighted by Gasteiger charge is 2.35. The van der Waals surface area contributed by atoms with Crippen molar-refractivity contribution in [1.82, 2.24) is 15.1 Å². The smallest absolute Gasteiger partial charge is 0.0510 e. The second kappa shape index (κ2) is 7.58. The summed E-state index contributed by atoms with van der Waals surface area (Å²) in [6.07, 6.45) is 3.71. The highest BCUT2D eigenvalue weighted by molar-refractivity contribution is 4.93. The van der Waals surface area contributed by atoms with E-state index in [4.69, 9.17) is 4.74 Å². The molecule has 2 aliphatic rings. The van der Waals surface area contributed by atoms with Crippen LogP contribution in [0.15, 0.2) is 0 Å². The van der Waals surface area contributed by atoms with Crippen LogP contribution in [0.4, 0.5) is 0 Å². The first kappa shape index (κ1) is 15.2. The van der Waals surface area contributed by atoms with Crippen LogP contribution in [0.1, 0.15) is 26.2 Å². The first-order valence-corrected chi connectivity index (χ1v) is 7.92. The van der Waals surface area contributed by atoms with Gasteiger partial charge in [0.1, 0.15) is 0 Å². The van der Waals surface area contributed by atoms with Crippen molar-refractivity contribution in [1.29, 1.82) is 0 Å². The van der Waals surface area contributed by atoms with Gasteiger partial charge in [0.15, 0.2) is 0 Å². The first-order chi connectivity index (χ1) is 9.22. The van der Waals surface area contributed by atoms with E-state index in [1.807, 2.05) is 0 Å². The average Bonchev–Trinajstić information content (AvgIpc) is 2.86. The Balaban J connectivity index is 2.04. The molecule has 19 heavy (non-hydrogen) atoms. The molecule has 0 aromatic rings. The van der Waals surface area contributed by atoms with Gasteiger partial charge in [-0.25, -0.2) is 0 Å². The summed E-state index contributed by atoms with van der Waals surface area (Å²) in [5, 5.41) is 3.81. The largest absolute Gasteiger partial charge is 0.381 e. The van der Waals surface area contributed by atoms with Crippen LogP contribution in [-0.2, 0) is 4.74 Å². The van der Waals surface area contributed by atoms with Crippen molar-refractivity contribution in [2.45, 2.75) is 38.3 Å². The van der Waals surface area contributed by atoms with Crippen molar-refractivity contribution in [2.75, 3.05) is 53.5 Å². The molecule has 2 rings (SSSR count). The molecule has 4 nitrogen and oxygen atoms in total. The monoisotopic (exact) mass is 269 g/mol. The van der Waals surface area contributed by atoms with Gasteiger partial charge in [0.25, 0.3) is 0 Å². The second-order valence-corrected chi connectivity index (χ2v) is 6.27. The molecule has 112 valence electrons. The minimum atomic E-state index is 0.577. The van der Waals surface area contributed by atoms with Crippen LogP contribution in [-0.4, -0.2) is 75.4 Å². The van der Waals surface area contributed by atoms with Crippen molar-refractivity contribution in [2.24, 2.45) is 5.92 Å². The van der Waals surface area contributed by atoms with Gasteiger partial charge >= 0.3 is 0 Å². The third-order valence-corrected chi connectivity index (χ3v) is 4.63. The summed E-state index contributed by atoms with van der Waals surface area (Å²) >= 11 is 0. The van der Waals surface area contributed by atoms with E-state index in [0.717, 1.165) is 19.8 Å². The molecule has 0 saturated carbocycles. The SMILES string of the molecule is CCCNC(C1CCOC1)C1CN(C)CCCN1C. The zero-order valence-corrected chi connectivity index (χ0v) is 12.9. The molecule has 2 saturated heterocycles. The van der Waals surface area contributed by atoms with E-state index in [1.165, 1.54) is 38.9 Å². The molecular weight excluding hydrogens is 238 g/mol. The van der Waals surface area contributed by atoms with E-state index in [0.29, 0.717) is 18.0 Å². The number of rotatable bonds is 5. The summed E-state index contributed by atoms with van der Waals surface area (Å²) in [6.45, 7) is 8.87. The third-order valence-electron chi connectivity index (χ3n) is 4.63. The molecule has 0 aromatic heterocycles. The van der Waals surface area contributed by atoms with Crippen LogP contribution in [0.5, 0.6) is 0 Å². The van der Waals surface area contributed by atoms with Crippen LogP contribution in [0.2, 0.25) is 0 Å². The van der Waals surface area contributed by atoms with Gasteiger partial charge in [-0.3, -0.25) is 0 Å². The Labute approximate surface area is 118 Å². The number of likely N-dealkylation sites (N-methyl/N-ethyl adjacent to an activating group) is 2. The number of nitrogens with zero attached hydrogens (tertiary/aromatic N) is 2.